The molecule has 8 nitrogen and oxygen atoms in total. The summed E-state index contributed by atoms with van der Waals surface area (Å²) in [6.45, 7) is 11.5. The maximum absolute atomic E-state index is 11.3. The number of anilines is 5. The molecule has 0 spiro atoms. The third-order valence-corrected chi connectivity index (χ3v) is 8.41. The Morgan fingerprint density at radius 3 is 1.67 bits per heavy atom. The van der Waals surface area contributed by atoms with Crippen molar-refractivity contribution in [2.45, 2.75) is 27.7 Å². The second-order valence-electron chi connectivity index (χ2n) is 9.75. The first-order valence-electron chi connectivity index (χ1n) is 14.3. The van der Waals surface area contributed by atoms with Crippen LogP contribution in [0.3, 0.4) is 0 Å². The van der Waals surface area contributed by atoms with Crippen molar-refractivity contribution >= 4 is 51.8 Å². The van der Waals surface area contributed by atoms with E-state index in [4.69, 9.17) is 5.26 Å². The third kappa shape index (κ3) is 6.76. The fourth-order valence-corrected chi connectivity index (χ4v) is 5.98. The van der Waals surface area contributed by atoms with Crippen molar-refractivity contribution in [3.8, 4) is 28.0 Å². The summed E-state index contributed by atoms with van der Waals surface area (Å²) in [6, 6.07) is 24.2. The van der Waals surface area contributed by atoms with Crippen LogP contribution in [-0.4, -0.2) is 47.5 Å². The average molecular weight is 597 g/mol. The largest absolute Gasteiger partial charge is 0.506 e. The van der Waals surface area contributed by atoms with Gasteiger partial charge in [0.2, 0.25) is 0 Å². The molecule has 0 amide bonds. The monoisotopic (exact) mass is 596 g/mol. The average Bonchev–Trinajstić information content (AvgIpc) is 3.48. The molecule has 3 N–H and O–H groups in total. The number of nitriles is 1. The zero-order valence-electron chi connectivity index (χ0n) is 24.8. The Kier molecular flexibility index (Phi) is 9.96. The zero-order valence-corrected chi connectivity index (χ0v) is 25.6. The molecule has 9 heteroatoms. The molecule has 43 heavy (non-hydrogen) atoms. The second kappa shape index (κ2) is 13.8. The van der Waals surface area contributed by atoms with E-state index in [-0.39, 0.29) is 17.1 Å². The van der Waals surface area contributed by atoms with Crippen LogP contribution in [0, 0.1) is 11.3 Å². The number of hydrogen-bond donors (Lipinski definition) is 3. The van der Waals surface area contributed by atoms with Crippen molar-refractivity contribution in [1.29, 1.82) is 5.26 Å². The van der Waals surface area contributed by atoms with Gasteiger partial charge in [0.25, 0.3) is 0 Å². The van der Waals surface area contributed by atoms with Crippen LogP contribution in [0.5, 0.6) is 11.5 Å². The Morgan fingerprint density at radius 2 is 1.26 bits per heavy atom. The molecule has 222 valence electrons. The number of carboxylic acid groups (broad SMARTS) is 1. The van der Waals surface area contributed by atoms with Crippen molar-refractivity contribution in [2.24, 2.45) is 0 Å². The molecule has 0 saturated heterocycles. The Bertz CT molecular complexity index is 1590. The minimum Gasteiger partial charge on any atom is -0.506 e. The van der Waals surface area contributed by atoms with Gasteiger partial charge in [-0.25, -0.2) is 4.79 Å². The Hall–Kier alpha value is -4.94. The van der Waals surface area contributed by atoms with Gasteiger partial charge < -0.3 is 30.0 Å². The molecular formula is C34H36N4O4S. The van der Waals surface area contributed by atoms with Crippen LogP contribution in [0.2, 0.25) is 0 Å². The van der Waals surface area contributed by atoms with Crippen molar-refractivity contribution in [2.75, 3.05) is 40.9 Å². The number of benzene rings is 3. The highest BCUT2D eigenvalue weighted by Gasteiger charge is 2.21. The standard InChI is InChI=1S/C34H36N4O4S/c1-5-36(6-2)26-13-16-29(31(39)20-26)38(30-17-14-27(21-32(30)40)37(7-3)8-4)25-11-9-23(10-12-25)33-18-15-28(43-33)19-24(22-35)34(41)42/h9-21,39-40H,5-8H2,1-4H3,(H,41,42)/b24-19+. The number of carbonyl (C=O) groups is 1. The molecule has 0 fully saturated rings. The minimum absolute atomic E-state index is 0.0853. The van der Waals surface area contributed by atoms with E-state index in [1.165, 1.54) is 17.4 Å². The van der Waals surface area contributed by atoms with Gasteiger partial charge in [-0.3, -0.25) is 0 Å². The van der Waals surface area contributed by atoms with Crippen molar-refractivity contribution < 1.29 is 20.1 Å². The highest BCUT2D eigenvalue weighted by atomic mass is 32.1. The summed E-state index contributed by atoms with van der Waals surface area (Å²) in [7, 11) is 0. The highest BCUT2D eigenvalue weighted by molar-refractivity contribution is 7.16. The molecule has 1 heterocycles. The molecule has 4 aromatic rings. The number of phenolic OH excluding ortho intramolecular Hbond substituents is 2. The van der Waals surface area contributed by atoms with Crippen LogP contribution >= 0.6 is 11.3 Å². The number of hydrogen-bond acceptors (Lipinski definition) is 8. The van der Waals surface area contributed by atoms with Crippen LogP contribution in [0.1, 0.15) is 32.6 Å². The molecule has 0 bridgehead atoms. The molecule has 0 saturated carbocycles. The summed E-state index contributed by atoms with van der Waals surface area (Å²) in [6.07, 6.45) is 1.36. The molecule has 3 aromatic carbocycles. The van der Waals surface area contributed by atoms with Gasteiger partial charge in [-0.2, -0.15) is 5.26 Å². The van der Waals surface area contributed by atoms with Crippen LogP contribution in [0.4, 0.5) is 28.4 Å². The summed E-state index contributed by atoms with van der Waals surface area (Å²) in [5.41, 5.74) is 4.18. The number of nitrogens with zero attached hydrogens (tertiary/aromatic N) is 4. The maximum atomic E-state index is 11.3. The van der Waals surface area contributed by atoms with Gasteiger partial charge in [0.05, 0.1) is 11.4 Å². The van der Waals surface area contributed by atoms with E-state index in [1.807, 2.05) is 59.5 Å². The van der Waals surface area contributed by atoms with E-state index in [0.29, 0.717) is 16.3 Å². The molecule has 0 aliphatic heterocycles. The van der Waals surface area contributed by atoms with E-state index in [9.17, 15) is 20.1 Å². The normalized spacial score (nSPS) is 11.2. The second-order valence-corrected chi connectivity index (χ2v) is 10.9. The van der Waals surface area contributed by atoms with E-state index in [2.05, 4.69) is 37.5 Å². The van der Waals surface area contributed by atoms with Gasteiger partial charge >= 0.3 is 5.97 Å². The van der Waals surface area contributed by atoms with E-state index in [1.54, 1.807) is 24.3 Å². The quantitative estimate of drug-likeness (QED) is 0.112. The number of rotatable bonds is 12. The lowest BCUT2D eigenvalue weighted by atomic mass is 10.1. The van der Waals surface area contributed by atoms with Gasteiger partial charge in [0.15, 0.2) is 0 Å². The molecule has 1 aromatic heterocycles. The number of aromatic hydroxyl groups is 2. The predicted molar refractivity (Wildman–Crippen MR) is 176 cm³/mol. The van der Waals surface area contributed by atoms with Gasteiger partial charge in [-0.05, 0) is 87.9 Å². The zero-order chi connectivity index (χ0) is 31.1. The topological polar surface area (TPSA) is 111 Å². The summed E-state index contributed by atoms with van der Waals surface area (Å²) in [4.78, 5) is 18.9. The van der Waals surface area contributed by atoms with Gasteiger partial charge in [0.1, 0.15) is 23.1 Å². The first-order valence-corrected chi connectivity index (χ1v) is 15.1. The first kappa shape index (κ1) is 31.0. The predicted octanol–water partition coefficient (Wildman–Crippen LogP) is 7.98. The molecular weight excluding hydrogens is 560 g/mol. The Balaban J connectivity index is 1.78. The van der Waals surface area contributed by atoms with Crippen LogP contribution in [-0.2, 0) is 4.79 Å². The lowest BCUT2D eigenvalue weighted by molar-refractivity contribution is -0.132. The fourth-order valence-electron chi connectivity index (χ4n) is 5.03. The molecule has 0 atom stereocenters. The molecule has 0 unspecified atom stereocenters. The Morgan fingerprint density at radius 1 is 0.767 bits per heavy atom. The number of phenols is 2. The molecule has 0 aliphatic rings. The van der Waals surface area contributed by atoms with Crippen molar-refractivity contribution in [1.82, 2.24) is 0 Å². The smallest absolute Gasteiger partial charge is 0.346 e. The van der Waals surface area contributed by atoms with Gasteiger partial charge in [-0.15, -0.1) is 11.3 Å². The lowest BCUT2D eigenvalue weighted by Gasteiger charge is -2.29. The molecule has 4 rings (SSSR count). The van der Waals surface area contributed by atoms with Gasteiger partial charge in [0, 0.05) is 65.1 Å². The summed E-state index contributed by atoms with van der Waals surface area (Å²) in [5.74, 6) is -1.09. The minimum atomic E-state index is -1.26. The maximum Gasteiger partial charge on any atom is 0.346 e. The lowest BCUT2D eigenvalue weighted by Crippen LogP contribution is -2.22. The van der Waals surface area contributed by atoms with Gasteiger partial charge in [-0.1, -0.05) is 12.1 Å². The van der Waals surface area contributed by atoms with Crippen LogP contribution in [0.15, 0.2) is 78.4 Å². The van der Waals surface area contributed by atoms with Crippen molar-refractivity contribution in [3.05, 3.63) is 83.2 Å². The molecule has 0 aliphatic carbocycles. The summed E-state index contributed by atoms with van der Waals surface area (Å²) >= 11 is 1.38. The summed E-state index contributed by atoms with van der Waals surface area (Å²) < 4.78 is 0. The highest BCUT2D eigenvalue weighted by Crippen LogP contribution is 2.46. The number of carboxylic acids is 1. The van der Waals surface area contributed by atoms with Crippen LogP contribution < -0.4 is 14.7 Å². The number of thiophene rings is 1. The van der Waals surface area contributed by atoms with E-state index in [0.717, 1.165) is 53.7 Å². The van der Waals surface area contributed by atoms with E-state index >= 15 is 0 Å². The number of aliphatic carboxylic acids is 1. The fraction of sp³-hybridized carbons (Fsp3) is 0.235. The third-order valence-electron chi connectivity index (χ3n) is 7.33. The SMILES string of the molecule is CCN(CC)c1ccc(N(c2ccc(-c3ccc(/C=C(\C#N)C(=O)O)s3)cc2)c2ccc(N(CC)CC)cc2O)c(O)c1. The summed E-state index contributed by atoms with van der Waals surface area (Å²) in [5, 5.41) is 40.8. The molecule has 0 radical (unpaired) electrons. The van der Waals surface area contributed by atoms with E-state index < -0.39 is 5.97 Å². The first-order chi connectivity index (χ1) is 20.7. The van der Waals surface area contributed by atoms with Crippen molar-refractivity contribution in [3.63, 3.8) is 0 Å². The Labute approximate surface area is 256 Å². The van der Waals surface area contributed by atoms with Crippen LogP contribution in [0.25, 0.3) is 16.5 Å².